The van der Waals surface area contributed by atoms with Gasteiger partial charge in [-0.2, -0.15) is 9.97 Å². The monoisotopic (exact) mass is 493 g/mol. The molecule has 0 unspecified atom stereocenters. The van der Waals surface area contributed by atoms with Gasteiger partial charge in [-0.15, -0.1) is 0 Å². The fourth-order valence-corrected chi connectivity index (χ4v) is 5.35. The smallest absolute Gasteiger partial charge is 0.208 e. The van der Waals surface area contributed by atoms with Gasteiger partial charge in [0.15, 0.2) is 11.6 Å². The Morgan fingerprint density at radius 1 is 0.405 bits per heavy atom. The number of fused-ring (bicyclic) bond motifs is 4. The number of nitrogens with zero attached hydrogens (tertiary/aromatic N) is 3. The molecule has 1 heterocycles. The van der Waals surface area contributed by atoms with Crippen LogP contribution < -0.4 is 0 Å². The molecule has 0 saturated carbocycles. The second-order valence-corrected chi connectivity index (χ2v) is 9.35. The number of rotatable bonds is 3. The first-order chi connectivity index (χ1) is 18.3. The van der Waals surface area contributed by atoms with Crippen molar-refractivity contribution in [2.45, 2.75) is 0 Å². The molecule has 0 saturated heterocycles. The first-order valence-electron chi connectivity index (χ1n) is 12.2. The first kappa shape index (κ1) is 21.7. The Balaban J connectivity index is 1.48. The second-order valence-electron chi connectivity index (χ2n) is 9.01. The van der Waals surface area contributed by atoms with Gasteiger partial charge in [-0.25, -0.2) is 4.98 Å². The zero-order valence-electron chi connectivity index (χ0n) is 19.8. The summed E-state index contributed by atoms with van der Waals surface area (Å²) in [6.45, 7) is 0. The normalized spacial score (nSPS) is 11.4. The molecule has 0 spiro atoms. The van der Waals surface area contributed by atoms with Crippen molar-refractivity contribution in [3.63, 3.8) is 0 Å². The van der Waals surface area contributed by atoms with Crippen molar-refractivity contribution in [3.05, 3.63) is 127 Å². The summed E-state index contributed by atoms with van der Waals surface area (Å²) in [5, 5.41) is 7.35. The summed E-state index contributed by atoms with van der Waals surface area (Å²) >= 11 is 6.39. The van der Waals surface area contributed by atoms with Gasteiger partial charge >= 0.3 is 0 Å². The fraction of sp³-hybridized carbons (Fsp3) is 0. The summed E-state index contributed by atoms with van der Waals surface area (Å²) in [6.07, 6.45) is 0. The Hall–Kier alpha value is -4.60. The molecule has 0 bridgehead atoms. The highest BCUT2D eigenvalue weighted by atomic mass is 35.5. The molecular weight excluding hydrogens is 474 g/mol. The lowest BCUT2D eigenvalue weighted by atomic mass is 9.89. The summed E-state index contributed by atoms with van der Waals surface area (Å²) in [6, 6.07) is 42.0. The van der Waals surface area contributed by atoms with Crippen LogP contribution in [-0.2, 0) is 0 Å². The summed E-state index contributed by atoms with van der Waals surface area (Å²) in [5.74, 6) is 1.12. The lowest BCUT2D eigenvalue weighted by Crippen LogP contribution is -1.98. The van der Waals surface area contributed by atoms with E-state index >= 15 is 0 Å². The molecule has 174 valence electrons. The van der Waals surface area contributed by atoms with Crippen LogP contribution in [0.15, 0.2) is 121 Å². The lowest BCUT2D eigenvalue weighted by Gasteiger charge is -2.15. The van der Waals surface area contributed by atoms with Crippen molar-refractivity contribution in [3.8, 4) is 33.9 Å². The minimum Gasteiger partial charge on any atom is -0.208 e. The number of hydrogen-bond acceptors (Lipinski definition) is 3. The van der Waals surface area contributed by atoms with Crippen molar-refractivity contribution < 1.29 is 0 Å². The van der Waals surface area contributed by atoms with Gasteiger partial charge in [-0.3, -0.25) is 0 Å². The van der Waals surface area contributed by atoms with Crippen molar-refractivity contribution in [2.24, 2.45) is 0 Å². The van der Waals surface area contributed by atoms with Crippen LogP contribution in [0.5, 0.6) is 0 Å². The van der Waals surface area contributed by atoms with Gasteiger partial charge in [-0.05, 0) is 67.2 Å². The molecular formula is C33H20ClN3. The predicted octanol–water partition coefficient (Wildman–Crippen LogP) is 8.99. The largest absolute Gasteiger partial charge is 0.226 e. The van der Waals surface area contributed by atoms with Crippen LogP contribution in [0.1, 0.15) is 0 Å². The van der Waals surface area contributed by atoms with Crippen LogP contribution in [0.3, 0.4) is 0 Å². The van der Waals surface area contributed by atoms with Crippen molar-refractivity contribution in [2.75, 3.05) is 0 Å². The third kappa shape index (κ3) is 3.72. The second kappa shape index (κ2) is 8.81. The standard InChI is InChI=1S/C33H20ClN3/c34-33-36-31(21-10-2-1-3-11-21)35-32(37-33)29-19-18-28(25-15-7-8-16-26(25)29)30-20-22-12-4-5-13-23(22)24-14-6-9-17-27(24)30/h1-20H. The Bertz CT molecular complexity index is 1950. The lowest BCUT2D eigenvalue weighted by molar-refractivity contribution is 1.07. The van der Waals surface area contributed by atoms with E-state index in [1.165, 1.54) is 32.7 Å². The maximum Gasteiger partial charge on any atom is 0.226 e. The Morgan fingerprint density at radius 3 is 1.70 bits per heavy atom. The van der Waals surface area contributed by atoms with Gasteiger partial charge in [0.2, 0.25) is 5.28 Å². The van der Waals surface area contributed by atoms with E-state index in [0.29, 0.717) is 11.6 Å². The minimum absolute atomic E-state index is 0.178. The molecule has 7 rings (SSSR count). The molecule has 0 radical (unpaired) electrons. The third-order valence-electron chi connectivity index (χ3n) is 6.86. The molecule has 0 aliphatic carbocycles. The number of hydrogen-bond donors (Lipinski definition) is 0. The van der Waals surface area contributed by atoms with E-state index in [9.17, 15) is 0 Å². The highest BCUT2D eigenvalue weighted by molar-refractivity contribution is 6.28. The number of halogens is 1. The zero-order chi connectivity index (χ0) is 24.8. The van der Waals surface area contributed by atoms with E-state index in [-0.39, 0.29) is 5.28 Å². The van der Waals surface area contributed by atoms with Crippen LogP contribution >= 0.6 is 11.6 Å². The molecule has 0 fully saturated rings. The molecule has 0 N–H and O–H groups in total. The van der Waals surface area contributed by atoms with Gasteiger partial charge in [0.1, 0.15) is 0 Å². The van der Waals surface area contributed by atoms with E-state index in [1.54, 1.807) is 0 Å². The molecule has 0 amide bonds. The predicted molar refractivity (Wildman–Crippen MR) is 154 cm³/mol. The van der Waals surface area contributed by atoms with Crippen LogP contribution in [0.4, 0.5) is 0 Å². The Morgan fingerprint density at radius 2 is 0.946 bits per heavy atom. The van der Waals surface area contributed by atoms with E-state index in [4.69, 9.17) is 16.6 Å². The molecule has 4 heteroatoms. The van der Waals surface area contributed by atoms with E-state index < -0.39 is 0 Å². The first-order valence-corrected chi connectivity index (χ1v) is 12.5. The van der Waals surface area contributed by atoms with Crippen LogP contribution in [0, 0.1) is 0 Å². The van der Waals surface area contributed by atoms with Gasteiger partial charge in [0.05, 0.1) is 0 Å². The Kier molecular flexibility index (Phi) is 5.16. The highest BCUT2D eigenvalue weighted by Gasteiger charge is 2.16. The topological polar surface area (TPSA) is 38.7 Å². The molecule has 0 aliphatic rings. The molecule has 0 atom stereocenters. The molecule has 1 aromatic heterocycles. The molecule has 0 aliphatic heterocycles. The van der Waals surface area contributed by atoms with Gasteiger partial charge < -0.3 is 0 Å². The fourth-order valence-electron chi connectivity index (χ4n) is 5.19. The van der Waals surface area contributed by atoms with Crippen molar-refractivity contribution in [1.29, 1.82) is 0 Å². The van der Waals surface area contributed by atoms with Crippen molar-refractivity contribution >= 4 is 43.9 Å². The van der Waals surface area contributed by atoms with Crippen LogP contribution in [0.2, 0.25) is 5.28 Å². The minimum atomic E-state index is 0.178. The van der Waals surface area contributed by atoms with Crippen LogP contribution in [0.25, 0.3) is 66.2 Å². The Labute approximate surface area is 219 Å². The summed E-state index contributed by atoms with van der Waals surface area (Å²) in [5.41, 5.74) is 4.20. The summed E-state index contributed by atoms with van der Waals surface area (Å²) in [4.78, 5) is 13.7. The quantitative estimate of drug-likeness (QED) is 0.230. The van der Waals surface area contributed by atoms with Gasteiger partial charge in [-0.1, -0.05) is 109 Å². The average Bonchev–Trinajstić information content (AvgIpc) is 2.96. The SMILES string of the molecule is Clc1nc(-c2ccccc2)nc(-c2ccc(-c3cc4ccccc4c4ccccc34)c3ccccc23)n1. The van der Waals surface area contributed by atoms with Crippen molar-refractivity contribution in [1.82, 2.24) is 15.0 Å². The van der Waals surface area contributed by atoms with Gasteiger partial charge in [0, 0.05) is 11.1 Å². The zero-order valence-corrected chi connectivity index (χ0v) is 20.5. The van der Waals surface area contributed by atoms with E-state index in [0.717, 1.165) is 21.9 Å². The average molecular weight is 494 g/mol. The van der Waals surface area contributed by atoms with Gasteiger partial charge in [0.25, 0.3) is 0 Å². The molecule has 3 nitrogen and oxygen atoms in total. The van der Waals surface area contributed by atoms with E-state index in [2.05, 4.69) is 101 Å². The third-order valence-corrected chi connectivity index (χ3v) is 7.03. The number of aromatic nitrogens is 3. The van der Waals surface area contributed by atoms with E-state index in [1.807, 2.05) is 30.3 Å². The highest BCUT2D eigenvalue weighted by Crippen LogP contribution is 2.40. The summed E-state index contributed by atoms with van der Waals surface area (Å²) in [7, 11) is 0. The molecule has 6 aromatic carbocycles. The maximum absolute atomic E-state index is 6.39. The summed E-state index contributed by atoms with van der Waals surface area (Å²) < 4.78 is 0. The molecule has 7 aromatic rings. The van der Waals surface area contributed by atoms with Crippen LogP contribution in [-0.4, -0.2) is 15.0 Å². The number of benzene rings is 6. The maximum atomic E-state index is 6.39. The molecule has 37 heavy (non-hydrogen) atoms.